The van der Waals surface area contributed by atoms with Gasteiger partial charge in [-0.3, -0.25) is 24.1 Å². The summed E-state index contributed by atoms with van der Waals surface area (Å²) in [6.45, 7) is 23.8. The molecule has 1 saturated heterocycles. The molecule has 338 valence electrons. The number of allylic oxidation sites excluding steroid dienone is 1. The van der Waals surface area contributed by atoms with E-state index in [2.05, 4.69) is 77.4 Å². The Labute approximate surface area is 366 Å². The number of carboxylic acids is 1. The molecule has 0 radical (unpaired) electrons. The molecule has 5 aliphatic carbocycles. The molecule has 6 aliphatic rings. The van der Waals surface area contributed by atoms with Crippen LogP contribution < -0.4 is 0 Å². The Hall–Kier alpha value is -3.08. The van der Waals surface area contributed by atoms with Crippen molar-refractivity contribution in [3.05, 3.63) is 47.0 Å². The lowest BCUT2D eigenvalue weighted by molar-refractivity contribution is -0.235. The first-order valence-corrected chi connectivity index (χ1v) is 23.6. The van der Waals surface area contributed by atoms with E-state index in [1.165, 1.54) is 5.57 Å². The van der Waals surface area contributed by atoms with E-state index in [9.17, 15) is 29.4 Å². The fraction of sp³-hybridized carbons (Fsp3) is 0.765. The second-order valence-electron chi connectivity index (χ2n) is 22.9. The first kappa shape index (κ1) is 45.9. The van der Waals surface area contributed by atoms with Crippen molar-refractivity contribution in [2.45, 2.75) is 145 Å². The van der Waals surface area contributed by atoms with E-state index in [0.29, 0.717) is 44.4 Å². The second-order valence-corrected chi connectivity index (χ2v) is 22.9. The number of likely N-dealkylation sites (N-methyl/N-ethyl adjacent to an activating group) is 1. The van der Waals surface area contributed by atoms with Gasteiger partial charge in [0.1, 0.15) is 6.10 Å². The Morgan fingerprint density at radius 3 is 2.20 bits per heavy atom. The van der Waals surface area contributed by atoms with Gasteiger partial charge in [-0.05, 0) is 123 Å². The number of esters is 1. The smallest absolute Gasteiger partial charge is 0.309 e. The number of fused-ring (bicyclic) bond motifs is 7. The first-order chi connectivity index (χ1) is 28.5. The molecule has 2 N–H and O–H groups in total. The topological polar surface area (TPSA) is 128 Å². The summed E-state index contributed by atoms with van der Waals surface area (Å²) in [4.78, 5) is 59.7. The predicted molar refractivity (Wildman–Crippen MR) is 237 cm³/mol. The number of piperazine rings is 1. The number of amides is 1. The van der Waals surface area contributed by atoms with Gasteiger partial charge in [0.15, 0.2) is 5.78 Å². The summed E-state index contributed by atoms with van der Waals surface area (Å²) in [5.74, 6) is -0.122. The third-order valence-electron chi connectivity index (χ3n) is 18.4. The standard InChI is InChI=1S/C51H77N3O7/c1-33(2)43-36(55)28-51(39(56)31-53(30-34-14-12-11-13-15-34)32-41(57)54-26-24-52(10)25-27-54)23-22-49(8)35(44(43)51)16-17-38-48(7)20-19-40(61-42(58)29-46(3,4)45(59)60)47(5,6)37(48)18-21-50(38,49)9/h11-15,33,35,37-40,56H,16-32H2,1-10H3,(H,59,60)/t35-,37+,38-,39?,40+,48+,49-,50-,51?/m1/s1. The van der Waals surface area contributed by atoms with Gasteiger partial charge in [0.2, 0.25) is 5.91 Å². The highest BCUT2D eigenvalue weighted by Crippen LogP contribution is 2.77. The minimum Gasteiger partial charge on any atom is -0.481 e. The Morgan fingerprint density at radius 2 is 1.56 bits per heavy atom. The highest BCUT2D eigenvalue weighted by Gasteiger charge is 2.71. The van der Waals surface area contributed by atoms with Crippen LogP contribution in [0.15, 0.2) is 41.5 Å². The zero-order valence-corrected chi connectivity index (χ0v) is 39.1. The molecule has 4 saturated carbocycles. The summed E-state index contributed by atoms with van der Waals surface area (Å²) in [6.07, 6.45) is 6.62. The Morgan fingerprint density at radius 1 is 0.885 bits per heavy atom. The van der Waals surface area contributed by atoms with E-state index in [4.69, 9.17) is 4.74 Å². The van der Waals surface area contributed by atoms with E-state index in [0.717, 1.165) is 75.6 Å². The van der Waals surface area contributed by atoms with Crippen molar-refractivity contribution in [3.63, 3.8) is 0 Å². The maximum absolute atomic E-state index is 14.4. The van der Waals surface area contributed by atoms with Crippen LogP contribution in [0.25, 0.3) is 0 Å². The fourth-order valence-corrected chi connectivity index (χ4v) is 14.7. The summed E-state index contributed by atoms with van der Waals surface area (Å²) in [5.41, 5.74) is 1.13. The quantitative estimate of drug-likeness (QED) is 0.201. The van der Waals surface area contributed by atoms with E-state index >= 15 is 0 Å². The minimum atomic E-state index is -1.18. The Bertz CT molecular complexity index is 1880. The van der Waals surface area contributed by atoms with Crippen molar-refractivity contribution < 1.29 is 34.1 Å². The molecule has 10 nitrogen and oxygen atoms in total. The molecule has 5 fully saturated rings. The van der Waals surface area contributed by atoms with E-state index in [-0.39, 0.29) is 64.3 Å². The average Bonchev–Trinajstić information content (AvgIpc) is 3.50. The van der Waals surface area contributed by atoms with Crippen molar-refractivity contribution in [1.82, 2.24) is 14.7 Å². The summed E-state index contributed by atoms with van der Waals surface area (Å²) in [6, 6.07) is 10.2. The van der Waals surface area contributed by atoms with Crippen molar-refractivity contribution >= 4 is 23.6 Å². The van der Waals surface area contributed by atoms with E-state index in [1.54, 1.807) is 13.8 Å². The molecular weight excluding hydrogens is 767 g/mol. The first-order valence-electron chi connectivity index (χ1n) is 23.6. The van der Waals surface area contributed by atoms with Gasteiger partial charge in [0.25, 0.3) is 0 Å². The fourth-order valence-electron chi connectivity index (χ4n) is 14.7. The molecule has 0 bridgehead atoms. The number of carboxylic acid groups (broad SMARTS) is 1. The molecular formula is C51H77N3O7. The number of benzene rings is 1. The number of rotatable bonds is 12. The van der Waals surface area contributed by atoms with Crippen molar-refractivity contribution in [1.29, 1.82) is 0 Å². The number of Topliss-reactive ketones (excluding diaryl/α,β-unsaturated/α-hetero) is 1. The number of ketones is 1. The van der Waals surface area contributed by atoms with Crippen LogP contribution in [0.2, 0.25) is 0 Å². The van der Waals surface area contributed by atoms with Crippen molar-refractivity contribution in [2.24, 2.45) is 56.2 Å². The zero-order valence-electron chi connectivity index (χ0n) is 39.1. The Kier molecular flexibility index (Phi) is 12.4. The summed E-state index contributed by atoms with van der Waals surface area (Å²) < 4.78 is 6.20. The molecule has 1 aromatic rings. The minimum absolute atomic E-state index is 0.00160. The maximum Gasteiger partial charge on any atom is 0.309 e. The largest absolute Gasteiger partial charge is 0.481 e. The monoisotopic (exact) mass is 844 g/mol. The summed E-state index contributed by atoms with van der Waals surface area (Å²) in [7, 11) is 2.09. The van der Waals surface area contributed by atoms with Crippen molar-refractivity contribution in [3.8, 4) is 0 Å². The number of nitrogens with zero attached hydrogens (tertiary/aromatic N) is 3. The van der Waals surface area contributed by atoms with Crippen LogP contribution in [0.4, 0.5) is 0 Å². The lowest BCUT2D eigenvalue weighted by atomic mass is 9.33. The maximum atomic E-state index is 14.4. The number of aliphatic carboxylic acids is 1. The highest BCUT2D eigenvalue weighted by molar-refractivity contribution is 6.00. The van der Waals surface area contributed by atoms with Gasteiger partial charge in [-0.25, -0.2) is 0 Å². The zero-order chi connectivity index (χ0) is 44.5. The lowest BCUT2D eigenvalue weighted by Crippen LogP contribution is -2.66. The molecule has 9 atom stereocenters. The highest BCUT2D eigenvalue weighted by atomic mass is 16.5. The van der Waals surface area contributed by atoms with Crippen LogP contribution in [0.1, 0.15) is 132 Å². The van der Waals surface area contributed by atoms with Crippen LogP contribution in [0, 0.1) is 56.2 Å². The molecule has 0 aromatic heterocycles. The molecule has 61 heavy (non-hydrogen) atoms. The third kappa shape index (κ3) is 7.85. The number of carbonyl (C=O) groups is 4. The number of hydrogen-bond acceptors (Lipinski definition) is 8. The van der Waals surface area contributed by atoms with Crippen LogP contribution in [-0.4, -0.2) is 107 Å². The van der Waals surface area contributed by atoms with E-state index in [1.807, 2.05) is 23.1 Å². The molecule has 1 heterocycles. The van der Waals surface area contributed by atoms with Crippen LogP contribution >= 0.6 is 0 Å². The van der Waals surface area contributed by atoms with E-state index < -0.39 is 28.9 Å². The SMILES string of the molecule is CC(C)C1=C2[C@H]3CC[C@@H]4[C@@]5(C)CC[C@H](OC(=O)CC(C)(C)C(=O)O)C(C)(C)[C@@H]5CC[C@@]4(C)[C@]3(C)CCC2(C(O)CN(CC(=O)N2CCN(C)CC2)Cc2ccccc2)CC1=O. The van der Waals surface area contributed by atoms with Gasteiger partial charge in [-0.1, -0.05) is 84.4 Å². The van der Waals surface area contributed by atoms with Crippen LogP contribution in [0.3, 0.4) is 0 Å². The molecule has 7 rings (SSSR count). The number of carbonyl (C=O) groups excluding carboxylic acids is 3. The number of aliphatic hydroxyl groups is 1. The molecule has 2 unspecified atom stereocenters. The molecule has 1 amide bonds. The number of aliphatic hydroxyl groups excluding tert-OH is 1. The summed E-state index contributed by atoms with van der Waals surface area (Å²) in [5, 5.41) is 22.5. The van der Waals surface area contributed by atoms with Gasteiger partial charge < -0.3 is 24.7 Å². The Balaban J connectivity index is 1.16. The molecule has 0 spiro atoms. The van der Waals surface area contributed by atoms with Crippen LogP contribution in [-0.2, 0) is 30.5 Å². The number of hydrogen-bond donors (Lipinski definition) is 2. The van der Waals surface area contributed by atoms with Gasteiger partial charge in [0.05, 0.1) is 24.5 Å². The number of ether oxygens (including phenoxy) is 1. The van der Waals surface area contributed by atoms with Crippen LogP contribution in [0.5, 0.6) is 0 Å². The van der Waals surface area contributed by atoms with Gasteiger partial charge in [-0.15, -0.1) is 0 Å². The average molecular weight is 844 g/mol. The molecule has 1 aromatic carbocycles. The summed E-state index contributed by atoms with van der Waals surface area (Å²) >= 11 is 0. The van der Waals surface area contributed by atoms with Crippen molar-refractivity contribution in [2.75, 3.05) is 46.3 Å². The second kappa shape index (κ2) is 16.5. The lowest BCUT2D eigenvalue weighted by Gasteiger charge is -2.72. The van der Waals surface area contributed by atoms with Gasteiger partial charge >= 0.3 is 11.9 Å². The normalized spacial score (nSPS) is 35.6. The van der Waals surface area contributed by atoms with Gasteiger partial charge in [0, 0.05) is 56.5 Å². The third-order valence-corrected chi connectivity index (χ3v) is 18.4. The van der Waals surface area contributed by atoms with Gasteiger partial charge in [-0.2, -0.15) is 0 Å². The molecule has 1 aliphatic heterocycles. The molecule has 10 heteroatoms. The predicted octanol–water partition coefficient (Wildman–Crippen LogP) is 8.02.